The van der Waals surface area contributed by atoms with E-state index < -0.39 is 0 Å². The molecule has 110 valence electrons. The Morgan fingerprint density at radius 2 is 1.76 bits per heavy atom. The SMILES string of the molecule is Cc1ccc(O[C@H](c2ccc(Cl)c(Cl)c2)C2CNC2)cc1. The fourth-order valence-corrected chi connectivity index (χ4v) is 2.72. The first-order chi connectivity index (χ1) is 10.1. The molecule has 0 aliphatic carbocycles. The Bertz CT molecular complexity index is 623. The number of halogens is 2. The molecule has 0 unspecified atom stereocenters. The molecule has 1 atom stereocenters. The largest absolute Gasteiger partial charge is 0.485 e. The quantitative estimate of drug-likeness (QED) is 0.885. The summed E-state index contributed by atoms with van der Waals surface area (Å²) in [6.45, 7) is 3.98. The Morgan fingerprint density at radius 3 is 2.33 bits per heavy atom. The molecule has 0 radical (unpaired) electrons. The molecule has 0 saturated carbocycles. The minimum atomic E-state index is -0.0104. The maximum Gasteiger partial charge on any atom is 0.129 e. The number of nitrogens with one attached hydrogen (secondary N) is 1. The van der Waals surface area contributed by atoms with Gasteiger partial charge in [-0.1, -0.05) is 47.0 Å². The zero-order chi connectivity index (χ0) is 14.8. The van der Waals surface area contributed by atoms with Crippen LogP contribution in [0, 0.1) is 12.8 Å². The number of rotatable bonds is 4. The third-order valence-electron chi connectivity index (χ3n) is 3.80. The Hall–Kier alpha value is -1.22. The summed E-state index contributed by atoms with van der Waals surface area (Å²) in [7, 11) is 0. The van der Waals surface area contributed by atoms with Crippen molar-refractivity contribution < 1.29 is 4.74 Å². The summed E-state index contributed by atoms with van der Waals surface area (Å²) in [5, 5.41) is 4.43. The lowest BCUT2D eigenvalue weighted by Gasteiger charge is -2.35. The topological polar surface area (TPSA) is 21.3 Å². The summed E-state index contributed by atoms with van der Waals surface area (Å²) in [6, 6.07) is 13.8. The third-order valence-corrected chi connectivity index (χ3v) is 4.54. The van der Waals surface area contributed by atoms with E-state index in [0.29, 0.717) is 16.0 Å². The molecule has 2 aromatic rings. The highest BCUT2D eigenvalue weighted by Gasteiger charge is 2.30. The van der Waals surface area contributed by atoms with Gasteiger partial charge >= 0.3 is 0 Å². The highest BCUT2D eigenvalue weighted by molar-refractivity contribution is 6.42. The molecule has 21 heavy (non-hydrogen) atoms. The lowest BCUT2D eigenvalue weighted by Crippen LogP contribution is -2.46. The molecule has 1 aliphatic heterocycles. The zero-order valence-corrected chi connectivity index (χ0v) is 13.3. The van der Waals surface area contributed by atoms with Gasteiger partial charge < -0.3 is 10.1 Å². The van der Waals surface area contributed by atoms with E-state index in [9.17, 15) is 0 Å². The van der Waals surface area contributed by atoms with Crippen molar-refractivity contribution in [2.75, 3.05) is 13.1 Å². The van der Waals surface area contributed by atoms with Crippen LogP contribution in [0.25, 0.3) is 0 Å². The van der Waals surface area contributed by atoms with Crippen LogP contribution in [-0.4, -0.2) is 13.1 Å². The maximum absolute atomic E-state index is 6.21. The number of hydrogen-bond donors (Lipinski definition) is 1. The van der Waals surface area contributed by atoms with E-state index >= 15 is 0 Å². The van der Waals surface area contributed by atoms with Crippen LogP contribution in [0.2, 0.25) is 10.0 Å². The minimum absolute atomic E-state index is 0.0104. The molecule has 1 aliphatic rings. The number of benzene rings is 2. The molecule has 1 heterocycles. The second-order valence-electron chi connectivity index (χ2n) is 5.44. The van der Waals surface area contributed by atoms with Crippen molar-refractivity contribution in [2.45, 2.75) is 13.0 Å². The van der Waals surface area contributed by atoms with Crippen molar-refractivity contribution in [3.05, 3.63) is 63.6 Å². The van der Waals surface area contributed by atoms with E-state index in [1.54, 1.807) is 0 Å². The van der Waals surface area contributed by atoms with E-state index in [2.05, 4.69) is 24.4 Å². The van der Waals surface area contributed by atoms with Crippen LogP contribution in [0.1, 0.15) is 17.2 Å². The first-order valence-corrected chi connectivity index (χ1v) is 7.78. The van der Waals surface area contributed by atoms with E-state index in [4.69, 9.17) is 27.9 Å². The van der Waals surface area contributed by atoms with Gasteiger partial charge in [0, 0.05) is 19.0 Å². The van der Waals surface area contributed by atoms with E-state index in [-0.39, 0.29) is 6.10 Å². The normalized spacial score (nSPS) is 16.3. The molecule has 1 saturated heterocycles. The Morgan fingerprint density at radius 1 is 1.05 bits per heavy atom. The summed E-state index contributed by atoms with van der Waals surface area (Å²) in [5.41, 5.74) is 2.29. The van der Waals surface area contributed by atoms with Gasteiger partial charge in [-0.3, -0.25) is 0 Å². The molecule has 3 rings (SSSR count). The van der Waals surface area contributed by atoms with Crippen molar-refractivity contribution in [1.29, 1.82) is 0 Å². The molecule has 0 bridgehead atoms. The minimum Gasteiger partial charge on any atom is -0.485 e. The Balaban J connectivity index is 1.86. The molecular formula is C17H17Cl2NO. The molecule has 4 heteroatoms. The predicted molar refractivity (Wildman–Crippen MR) is 87.4 cm³/mol. The first-order valence-electron chi connectivity index (χ1n) is 7.02. The number of ether oxygens (including phenoxy) is 1. The smallest absolute Gasteiger partial charge is 0.129 e. The number of aryl methyl sites for hydroxylation is 1. The van der Waals surface area contributed by atoms with Gasteiger partial charge in [0.25, 0.3) is 0 Å². The summed E-state index contributed by atoms with van der Waals surface area (Å²) in [4.78, 5) is 0. The summed E-state index contributed by atoms with van der Waals surface area (Å²) in [5.74, 6) is 1.33. The van der Waals surface area contributed by atoms with Crippen LogP contribution in [0.4, 0.5) is 0 Å². The van der Waals surface area contributed by atoms with Gasteiger partial charge in [-0.2, -0.15) is 0 Å². The molecule has 1 fully saturated rings. The first kappa shape index (κ1) is 14.7. The van der Waals surface area contributed by atoms with Crippen molar-refractivity contribution in [3.8, 4) is 5.75 Å². The van der Waals surface area contributed by atoms with Gasteiger partial charge in [-0.25, -0.2) is 0 Å². The monoisotopic (exact) mass is 321 g/mol. The van der Waals surface area contributed by atoms with E-state index in [1.165, 1.54) is 5.56 Å². The number of hydrogen-bond acceptors (Lipinski definition) is 2. The molecule has 1 N–H and O–H groups in total. The average Bonchev–Trinajstić information content (AvgIpc) is 2.41. The zero-order valence-electron chi connectivity index (χ0n) is 11.8. The van der Waals surface area contributed by atoms with Gasteiger partial charge in [-0.15, -0.1) is 0 Å². The lowest BCUT2D eigenvalue weighted by molar-refractivity contribution is 0.0993. The molecule has 0 amide bonds. The van der Waals surface area contributed by atoms with Gasteiger partial charge in [0.05, 0.1) is 10.0 Å². The van der Waals surface area contributed by atoms with Gasteiger partial charge in [-0.05, 0) is 36.8 Å². The molecule has 0 spiro atoms. The van der Waals surface area contributed by atoms with Crippen LogP contribution in [-0.2, 0) is 0 Å². The van der Waals surface area contributed by atoms with Crippen LogP contribution in [0.5, 0.6) is 5.75 Å². The Labute approximate surface area is 135 Å². The van der Waals surface area contributed by atoms with Crippen LogP contribution >= 0.6 is 23.2 Å². The fraction of sp³-hybridized carbons (Fsp3) is 0.294. The maximum atomic E-state index is 6.21. The van der Waals surface area contributed by atoms with E-state index in [1.807, 2.05) is 30.3 Å². The van der Waals surface area contributed by atoms with E-state index in [0.717, 1.165) is 24.4 Å². The van der Waals surface area contributed by atoms with Crippen molar-refractivity contribution in [1.82, 2.24) is 5.32 Å². The Kier molecular flexibility index (Phi) is 4.39. The highest BCUT2D eigenvalue weighted by atomic mass is 35.5. The van der Waals surface area contributed by atoms with Crippen LogP contribution in [0.15, 0.2) is 42.5 Å². The highest BCUT2D eigenvalue weighted by Crippen LogP contribution is 2.34. The second kappa shape index (κ2) is 6.27. The van der Waals surface area contributed by atoms with Crippen molar-refractivity contribution in [3.63, 3.8) is 0 Å². The van der Waals surface area contributed by atoms with Gasteiger partial charge in [0.1, 0.15) is 11.9 Å². The third kappa shape index (κ3) is 3.34. The summed E-state index contributed by atoms with van der Waals surface area (Å²) >= 11 is 12.1. The van der Waals surface area contributed by atoms with Crippen molar-refractivity contribution in [2.24, 2.45) is 5.92 Å². The van der Waals surface area contributed by atoms with Gasteiger partial charge in [0.2, 0.25) is 0 Å². The molecular weight excluding hydrogens is 305 g/mol. The summed E-state index contributed by atoms with van der Waals surface area (Å²) in [6.07, 6.45) is -0.0104. The average molecular weight is 322 g/mol. The predicted octanol–water partition coefficient (Wildman–Crippen LogP) is 4.64. The summed E-state index contributed by atoms with van der Waals surface area (Å²) < 4.78 is 6.21. The van der Waals surface area contributed by atoms with Crippen LogP contribution < -0.4 is 10.1 Å². The second-order valence-corrected chi connectivity index (χ2v) is 6.26. The molecule has 2 nitrogen and oxygen atoms in total. The molecule has 2 aromatic carbocycles. The van der Waals surface area contributed by atoms with Gasteiger partial charge in [0.15, 0.2) is 0 Å². The molecule has 0 aromatic heterocycles. The fourth-order valence-electron chi connectivity index (χ4n) is 2.41. The standard InChI is InChI=1S/C17H17Cl2NO/c1-11-2-5-14(6-3-11)21-17(13-9-20-10-13)12-4-7-15(18)16(19)8-12/h2-8,13,17,20H,9-10H2,1H3/t17-/m1/s1. The lowest BCUT2D eigenvalue weighted by atomic mass is 9.91. The van der Waals surface area contributed by atoms with Crippen LogP contribution in [0.3, 0.4) is 0 Å². The van der Waals surface area contributed by atoms with Crippen molar-refractivity contribution >= 4 is 23.2 Å².